The van der Waals surface area contributed by atoms with Crippen molar-refractivity contribution in [2.45, 2.75) is 66.0 Å². The topological polar surface area (TPSA) is 131 Å². The van der Waals surface area contributed by atoms with Gasteiger partial charge in [-0.2, -0.15) is 0 Å². The predicted molar refractivity (Wildman–Crippen MR) is 152 cm³/mol. The lowest BCUT2D eigenvalue weighted by molar-refractivity contribution is -0.111. The number of hydrazine groups is 1. The van der Waals surface area contributed by atoms with E-state index >= 15 is 0 Å². The Hall–Kier alpha value is -3.57. The smallest absolute Gasteiger partial charge is 0.340 e. The van der Waals surface area contributed by atoms with Crippen LogP contribution in [0.5, 0.6) is 0 Å². The first kappa shape index (κ1) is 28.4. The molecule has 1 saturated carbocycles. The average molecular weight is 553 g/mol. The molecule has 3 N–H and O–H groups in total. The van der Waals surface area contributed by atoms with Crippen LogP contribution in [0.1, 0.15) is 73.5 Å². The third kappa shape index (κ3) is 6.04. The molecule has 0 aliphatic heterocycles. The molecule has 10 nitrogen and oxygen atoms in total. The molecule has 0 bridgehead atoms. The number of hydrogen-bond acceptors (Lipinski definition) is 8. The fraction of sp³-hybridized carbons (Fsp3) is 0.464. The second kappa shape index (κ2) is 11.7. The van der Waals surface area contributed by atoms with Crippen LogP contribution in [0.15, 0.2) is 29.6 Å². The summed E-state index contributed by atoms with van der Waals surface area (Å²) in [5.41, 5.74) is 3.48. The van der Waals surface area contributed by atoms with Crippen molar-refractivity contribution < 1.29 is 19.2 Å². The molecule has 2 aromatic heterocycles. The molecule has 1 fully saturated rings. The number of carbonyl (C=O) groups excluding carboxylic acids is 4. The van der Waals surface area contributed by atoms with Crippen LogP contribution in [0.4, 0.5) is 9.93 Å². The Balaban J connectivity index is 1.78. The monoisotopic (exact) mass is 552 g/mol. The number of nitrogen functional groups attached to an aromatic ring is 1. The minimum atomic E-state index is -1.04. The molecule has 0 saturated heterocycles. The molecule has 0 spiro atoms. The van der Waals surface area contributed by atoms with E-state index in [2.05, 4.69) is 29.2 Å². The van der Waals surface area contributed by atoms with Gasteiger partial charge < -0.3 is 9.69 Å². The van der Waals surface area contributed by atoms with Crippen LogP contribution in [0.25, 0.3) is 10.9 Å². The standard InChI is InChI=1S/C28H36N6O4S/c1-16(2)10-21(14-35)33(25(36)22-15-39-28(30-22)32(13-17(3)4)20-7-8-20)26(37)24-12-19-11-18(5)6-9-23(19)34(24)27(38)31-29/h6,9,11-12,14-17,20-21H,7-8,10,13,29H2,1-5H3,(H,31,38)/t21-/m0/s1. The molecule has 1 aliphatic carbocycles. The van der Waals surface area contributed by atoms with Crippen LogP contribution in [0, 0.1) is 18.8 Å². The first-order chi connectivity index (χ1) is 18.5. The number of fused-ring (bicyclic) bond motifs is 1. The third-order valence-corrected chi connectivity index (χ3v) is 7.53. The lowest BCUT2D eigenvalue weighted by Crippen LogP contribution is -2.48. The molecule has 39 heavy (non-hydrogen) atoms. The van der Waals surface area contributed by atoms with Crippen LogP contribution in [-0.4, -0.2) is 57.2 Å². The summed E-state index contributed by atoms with van der Waals surface area (Å²) < 4.78 is 1.14. The molecule has 3 amide bonds. The number of aromatic nitrogens is 2. The zero-order chi connectivity index (χ0) is 28.4. The van der Waals surface area contributed by atoms with E-state index in [0.717, 1.165) is 39.5 Å². The number of thiazole rings is 1. The van der Waals surface area contributed by atoms with Gasteiger partial charge in [-0.15, -0.1) is 11.3 Å². The Labute approximate surface area is 232 Å². The number of aldehydes is 1. The molecule has 1 aromatic carbocycles. The van der Waals surface area contributed by atoms with Crippen molar-refractivity contribution in [1.29, 1.82) is 0 Å². The van der Waals surface area contributed by atoms with Gasteiger partial charge in [0.1, 0.15) is 17.7 Å². The second-order valence-electron chi connectivity index (χ2n) is 11.0. The van der Waals surface area contributed by atoms with E-state index in [1.54, 1.807) is 17.5 Å². The highest BCUT2D eigenvalue weighted by molar-refractivity contribution is 7.14. The number of nitrogens with one attached hydrogen (secondary N) is 1. The minimum Gasteiger partial charge on any atom is -0.345 e. The lowest BCUT2D eigenvalue weighted by Gasteiger charge is -2.27. The van der Waals surface area contributed by atoms with Crippen LogP contribution in [0.3, 0.4) is 0 Å². The number of carbonyl (C=O) groups is 4. The van der Waals surface area contributed by atoms with E-state index in [0.29, 0.717) is 29.1 Å². The Morgan fingerprint density at radius 2 is 1.87 bits per heavy atom. The number of imide groups is 1. The van der Waals surface area contributed by atoms with Crippen molar-refractivity contribution in [3.8, 4) is 0 Å². The van der Waals surface area contributed by atoms with Crippen molar-refractivity contribution in [3.63, 3.8) is 0 Å². The van der Waals surface area contributed by atoms with Gasteiger partial charge in [0.2, 0.25) is 0 Å². The molecule has 1 aliphatic rings. The van der Waals surface area contributed by atoms with E-state index < -0.39 is 23.9 Å². The van der Waals surface area contributed by atoms with Gasteiger partial charge in [0.25, 0.3) is 11.8 Å². The highest BCUT2D eigenvalue weighted by Gasteiger charge is 2.37. The Morgan fingerprint density at radius 1 is 1.15 bits per heavy atom. The highest BCUT2D eigenvalue weighted by Crippen LogP contribution is 2.34. The molecule has 208 valence electrons. The van der Waals surface area contributed by atoms with Crippen LogP contribution >= 0.6 is 11.3 Å². The summed E-state index contributed by atoms with van der Waals surface area (Å²) in [4.78, 5) is 60.9. The number of nitrogens with zero attached hydrogens (tertiary/aromatic N) is 4. The first-order valence-corrected chi connectivity index (χ1v) is 14.1. The van der Waals surface area contributed by atoms with Crippen LogP contribution in [0.2, 0.25) is 0 Å². The van der Waals surface area contributed by atoms with E-state index in [1.807, 2.05) is 32.9 Å². The Morgan fingerprint density at radius 3 is 2.46 bits per heavy atom. The predicted octanol–water partition coefficient (Wildman–Crippen LogP) is 4.36. The van der Waals surface area contributed by atoms with Crippen molar-refractivity contribution in [2.75, 3.05) is 11.4 Å². The summed E-state index contributed by atoms with van der Waals surface area (Å²) in [6.07, 6.45) is 3.03. The summed E-state index contributed by atoms with van der Waals surface area (Å²) in [6, 6.07) is 5.52. The fourth-order valence-corrected chi connectivity index (χ4v) is 5.66. The highest BCUT2D eigenvalue weighted by atomic mass is 32.1. The Bertz CT molecular complexity index is 1390. The maximum Gasteiger partial charge on any atom is 0.340 e. The molecular formula is C28H36N6O4S. The SMILES string of the molecule is Cc1ccc2c(c1)cc(C(=O)N(C(=O)c1csc(N(CC(C)C)C3CC3)n1)[C@H](C=O)CC(C)C)n2C(=O)NN. The summed E-state index contributed by atoms with van der Waals surface area (Å²) in [5.74, 6) is 4.43. The normalized spacial score (nSPS) is 14.1. The lowest BCUT2D eigenvalue weighted by atomic mass is 10.0. The van der Waals surface area contributed by atoms with Gasteiger partial charge in [0.05, 0.1) is 11.6 Å². The summed E-state index contributed by atoms with van der Waals surface area (Å²) in [7, 11) is 0. The van der Waals surface area contributed by atoms with Gasteiger partial charge in [-0.05, 0) is 56.2 Å². The van der Waals surface area contributed by atoms with E-state index in [4.69, 9.17) is 5.84 Å². The maximum absolute atomic E-state index is 14.1. The van der Waals surface area contributed by atoms with Crippen LogP contribution < -0.4 is 16.2 Å². The van der Waals surface area contributed by atoms with Crippen molar-refractivity contribution >= 4 is 51.5 Å². The molecule has 0 radical (unpaired) electrons. The third-order valence-electron chi connectivity index (χ3n) is 6.65. The first-order valence-electron chi connectivity index (χ1n) is 13.2. The number of rotatable bonds is 10. The molecule has 3 aromatic rings. The molecule has 11 heteroatoms. The molecule has 0 unspecified atom stereocenters. The second-order valence-corrected chi connectivity index (χ2v) is 11.8. The van der Waals surface area contributed by atoms with Gasteiger partial charge in [-0.3, -0.25) is 24.5 Å². The largest absolute Gasteiger partial charge is 0.345 e. The number of benzene rings is 1. The van der Waals surface area contributed by atoms with E-state index in [-0.39, 0.29) is 23.7 Å². The number of anilines is 1. The zero-order valence-electron chi connectivity index (χ0n) is 23.0. The van der Waals surface area contributed by atoms with Gasteiger partial charge in [-0.1, -0.05) is 39.3 Å². The zero-order valence-corrected chi connectivity index (χ0v) is 23.8. The summed E-state index contributed by atoms with van der Waals surface area (Å²) in [6.45, 7) is 10.8. The van der Waals surface area contributed by atoms with Crippen LogP contribution in [-0.2, 0) is 4.79 Å². The fourth-order valence-electron chi connectivity index (χ4n) is 4.78. The van der Waals surface area contributed by atoms with Crippen molar-refractivity contribution in [3.05, 3.63) is 46.6 Å². The summed E-state index contributed by atoms with van der Waals surface area (Å²) >= 11 is 1.35. The van der Waals surface area contributed by atoms with Crippen molar-refractivity contribution in [2.24, 2.45) is 17.7 Å². The number of nitrogens with two attached hydrogens (primary N) is 1. The minimum absolute atomic E-state index is 0.0199. The number of amides is 3. The molecule has 1 atom stereocenters. The number of hydrogen-bond donors (Lipinski definition) is 2. The maximum atomic E-state index is 14.1. The molecular weight excluding hydrogens is 516 g/mol. The van der Waals surface area contributed by atoms with E-state index in [9.17, 15) is 19.2 Å². The van der Waals surface area contributed by atoms with Crippen molar-refractivity contribution in [1.82, 2.24) is 19.9 Å². The van der Waals surface area contributed by atoms with Gasteiger partial charge >= 0.3 is 6.03 Å². The quantitative estimate of drug-likeness (QED) is 0.126. The summed E-state index contributed by atoms with van der Waals surface area (Å²) in [5, 5.41) is 2.99. The van der Waals surface area contributed by atoms with Gasteiger partial charge in [0.15, 0.2) is 5.13 Å². The Kier molecular flexibility index (Phi) is 8.51. The molecule has 2 heterocycles. The molecule has 4 rings (SSSR count). The van der Waals surface area contributed by atoms with E-state index in [1.165, 1.54) is 11.3 Å². The van der Waals surface area contributed by atoms with Gasteiger partial charge in [-0.25, -0.2) is 15.6 Å². The average Bonchev–Trinajstić information content (AvgIpc) is 3.48. The van der Waals surface area contributed by atoms with Gasteiger partial charge in [0, 0.05) is 23.4 Å². The number of aryl methyl sites for hydroxylation is 1.